The third-order valence-electron chi connectivity index (χ3n) is 2.74. The second kappa shape index (κ2) is 6.05. The summed E-state index contributed by atoms with van der Waals surface area (Å²) in [4.78, 5) is 13.7. The fourth-order valence-electron chi connectivity index (χ4n) is 1.82. The standard InChI is InChI=1S/C10H21N3O2/c1-13-4-3-8(6-13)5-12-10(14)9(11)7-15-2/h8-9H,3-7,11H2,1-2H3,(H,12,14). The second-order valence-corrected chi connectivity index (χ2v) is 4.22. The van der Waals surface area contributed by atoms with Crippen molar-refractivity contribution in [2.75, 3.05) is 40.4 Å². The first kappa shape index (κ1) is 12.4. The van der Waals surface area contributed by atoms with Crippen molar-refractivity contribution in [3.8, 4) is 0 Å². The van der Waals surface area contributed by atoms with Gasteiger partial charge in [0.2, 0.25) is 5.91 Å². The minimum absolute atomic E-state index is 0.119. The molecule has 0 aromatic rings. The molecule has 2 atom stereocenters. The number of nitrogens with one attached hydrogen (secondary N) is 1. The summed E-state index contributed by atoms with van der Waals surface area (Å²) in [6.07, 6.45) is 1.15. The monoisotopic (exact) mass is 215 g/mol. The van der Waals surface area contributed by atoms with Crippen molar-refractivity contribution >= 4 is 5.91 Å². The Hall–Kier alpha value is -0.650. The lowest BCUT2D eigenvalue weighted by molar-refractivity contribution is -0.123. The van der Waals surface area contributed by atoms with Crippen LogP contribution >= 0.6 is 0 Å². The van der Waals surface area contributed by atoms with Crippen LogP contribution in [0.4, 0.5) is 0 Å². The summed E-state index contributed by atoms with van der Waals surface area (Å²) in [5, 5.41) is 2.86. The summed E-state index contributed by atoms with van der Waals surface area (Å²) in [5.74, 6) is 0.445. The summed E-state index contributed by atoms with van der Waals surface area (Å²) in [5.41, 5.74) is 5.59. The molecular weight excluding hydrogens is 194 g/mol. The number of ether oxygens (including phenoxy) is 1. The molecule has 1 fully saturated rings. The van der Waals surface area contributed by atoms with Crippen LogP contribution in [0.25, 0.3) is 0 Å². The van der Waals surface area contributed by atoms with Crippen LogP contribution in [0.2, 0.25) is 0 Å². The number of carbonyl (C=O) groups is 1. The first-order valence-corrected chi connectivity index (χ1v) is 5.34. The van der Waals surface area contributed by atoms with Gasteiger partial charge in [0.05, 0.1) is 6.61 Å². The van der Waals surface area contributed by atoms with E-state index in [9.17, 15) is 4.79 Å². The fraction of sp³-hybridized carbons (Fsp3) is 0.900. The van der Waals surface area contributed by atoms with E-state index in [1.807, 2.05) is 0 Å². The molecular formula is C10H21N3O2. The van der Waals surface area contributed by atoms with Gasteiger partial charge in [-0.2, -0.15) is 0 Å². The van der Waals surface area contributed by atoms with Gasteiger partial charge in [-0.25, -0.2) is 0 Å². The molecule has 2 unspecified atom stereocenters. The van der Waals surface area contributed by atoms with E-state index in [0.29, 0.717) is 5.92 Å². The topological polar surface area (TPSA) is 67.6 Å². The van der Waals surface area contributed by atoms with Crippen molar-refractivity contribution in [2.24, 2.45) is 11.7 Å². The summed E-state index contributed by atoms with van der Waals surface area (Å²) >= 11 is 0. The van der Waals surface area contributed by atoms with Crippen LogP contribution in [0, 0.1) is 5.92 Å². The quantitative estimate of drug-likeness (QED) is 0.619. The predicted octanol–water partition coefficient (Wildman–Crippen LogP) is -0.972. The molecule has 88 valence electrons. The van der Waals surface area contributed by atoms with Crippen molar-refractivity contribution < 1.29 is 9.53 Å². The van der Waals surface area contributed by atoms with E-state index in [-0.39, 0.29) is 12.5 Å². The first-order chi connectivity index (χ1) is 7.13. The van der Waals surface area contributed by atoms with E-state index in [1.165, 1.54) is 0 Å². The minimum atomic E-state index is -0.547. The van der Waals surface area contributed by atoms with Crippen molar-refractivity contribution in [1.29, 1.82) is 0 Å². The number of likely N-dealkylation sites (tertiary alicyclic amines) is 1. The maximum Gasteiger partial charge on any atom is 0.239 e. The highest BCUT2D eigenvalue weighted by Gasteiger charge is 2.21. The van der Waals surface area contributed by atoms with Crippen LogP contribution < -0.4 is 11.1 Å². The third-order valence-corrected chi connectivity index (χ3v) is 2.74. The molecule has 0 spiro atoms. The highest BCUT2D eigenvalue weighted by molar-refractivity contribution is 5.81. The zero-order valence-electron chi connectivity index (χ0n) is 9.53. The van der Waals surface area contributed by atoms with Crippen LogP contribution in [0.1, 0.15) is 6.42 Å². The molecule has 1 heterocycles. The van der Waals surface area contributed by atoms with Gasteiger partial charge >= 0.3 is 0 Å². The number of nitrogens with zero attached hydrogens (tertiary/aromatic N) is 1. The Bertz CT molecular complexity index is 211. The van der Waals surface area contributed by atoms with E-state index in [0.717, 1.165) is 26.1 Å². The molecule has 0 aromatic heterocycles. The summed E-state index contributed by atoms with van der Waals surface area (Å²) in [6, 6.07) is -0.547. The molecule has 1 aliphatic rings. The molecule has 5 nitrogen and oxygen atoms in total. The average molecular weight is 215 g/mol. The van der Waals surface area contributed by atoms with Crippen LogP contribution in [0.3, 0.4) is 0 Å². The molecule has 0 saturated carbocycles. The number of rotatable bonds is 5. The van der Waals surface area contributed by atoms with Gasteiger partial charge in [-0.3, -0.25) is 4.79 Å². The smallest absolute Gasteiger partial charge is 0.239 e. The highest BCUT2D eigenvalue weighted by Crippen LogP contribution is 2.12. The number of amides is 1. The Morgan fingerprint density at radius 3 is 3.00 bits per heavy atom. The Morgan fingerprint density at radius 1 is 1.73 bits per heavy atom. The Kier molecular flexibility index (Phi) is 5.01. The zero-order valence-corrected chi connectivity index (χ0v) is 9.53. The molecule has 0 aromatic carbocycles. The fourth-order valence-corrected chi connectivity index (χ4v) is 1.82. The third kappa shape index (κ3) is 4.15. The van der Waals surface area contributed by atoms with E-state index in [2.05, 4.69) is 17.3 Å². The van der Waals surface area contributed by atoms with Crippen molar-refractivity contribution in [1.82, 2.24) is 10.2 Å². The van der Waals surface area contributed by atoms with Gasteiger partial charge in [-0.05, 0) is 25.9 Å². The van der Waals surface area contributed by atoms with Crippen LogP contribution in [0.15, 0.2) is 0 Å². The van der Waals surface area contributed by atoms with Crippen LogP contribution in [-0.2, 0) is 9.53 Å². The number of hydrogen-bond acceptors (Lipinski definition) is 4. The molecule has 1 rings (SSSR count). The summed E-state index contributed by atoms with van der Waals surface area (Å²) in [6.45, 7) is 3.17. The maximum atomic E-state index is 11.4. The molecule has 1 aliphatic heterocycles. The molecule has 1 saturated heterocycles. The van der Waals surface area contributed by atoms with E-state index < -0.39 is 6.04 Å². The van der Waals surface area contributed by atoms with E-state index in [4.69, 9.17) is 10.5 Å². The first-order valence-electron chi connectivity index (χ1n) is 5.34. The van der Waals surface area contributed by atoms with E-state index in [1.54, 1.807) is 7.11 Å². The highest BCUT2D eigenvalue weighted by atomic mass is 16.5. The molecule has 3 N–H and O–H groups in total. The predicted molar refractivity (Wildman–Crippen MR) is 58.5 cm³/mol. The van der Waals surface area contributed by atoms with Crippen LogP contribution in [0.5, 0.6) is 0 Å². The van der Waals surface area contributed by atoms with E-state index >= 15 is 0 Å². The largest absolute Gasteiger partial charge is 0.383 e. The Balaban J connectivity index is 2.16. The van der Waals surface area contributed by atoms with Gasteiger partial charge in [0.15, 0.2) is 0 Å². The minimum Gasteiger partial charge on any atom is -0.383 e. The van der Waals surface area contributed by atoms with Gasteiger partial charge in [0.25, 0.3) is 0 Å². The molecule has 15 heavy (non-hydrogen) atoms. The number of nitrogens with two attached hydrogens (primary N) is 1. The normalized spacial score (nSPS) is 24.1. The van der Waals surface area contributed by atoms with Crippen LogP contribution in [-0.4, -0.2) is 57.2 Å². The number of methoxy groups -OCH3 is 1. The lowest BCUT2D eigenvalue weighted by Gasteiger charge is -2.14. The molecule has 0 bridgehead atoms. The Labute approximate surface area is 90.9 Å². The van der Waals surface area contributed by atoms with Gasteiger partial charge in [-0.1, -0.05) is 0 Å². The lowest BCUT2D eigenvalue weighted by atomic mass is 10.1. The number of carbonyl (C=O) groups excluding carboxylic acids is 1. The second-order valence-electron chi connectivity index (χ2n) is 4.22. The lowest BCUT2D eigenvalue weighted by Crippen LogP contribution is -2.45. The summed E-state index contributed by atoms with van der Waals surface area (Å²) in [7, 11) is 3.64. The molecule has 5 heteroatoms. The maximum absolute atomic E-state index is 11.4. The van der Waals surface area contributed by atoms with Crippen molar-refractivity contribution in [3.63, 3.8) is 0 Å². The Morgan fingerprint density at radius 2 is 2.47 bits per heavy atom. The van der Waals surface area contributed by atoms with Gasteiger partial charge in [-0.15, -0.1) is 0 Å². The van der Waals surface area contributed by atoms with Gasteiger partial charge < -0.3 is 20.7 Å². The van der Waals surface area contributed by atoms with Crippen molar-refractivity contribution in [2.45, 2.75) is 12.5 Å². The SMILES string of the molecule is COCC(N)C(=O)NCC1CCN(C)C1. The zero-order chi connectivity index (χ0) is 11.3. The number of hydrogen-bond donors (Lipinski definition) is 2. The van der Waals surface area contributed by atoms with Gasteiger partial charge in [0, 0.05) is 20.2 Å². The van der Waals surface area contributed by atoms with Gasteiger partial charge in [0.1, 0.15) is 6.04 Å². The summed E-state index contributed by atoms with van der Waals surface area (Å²) < 4.78 is 4.82. The van der Waals surface area contributed by atoms with Crippen molar-refractivity contribution in [3.05, 3.63) is 0 Å². The molecule has 1 amide bonds. The molecule has 0 radical (unpaired) electrons. The average Bonchev–Trinajstić information content (AvgIpc) is 2.61. The molecule has 0 aliphatic carbocycles.